The van der Waals surface area contributed by atoms with Gasteiger partial charge in [-0.2, -0.15) is 10.4 Å². The number of aryl methyl sites for hydroxylation is 1. The van der Waals surface area contributed by atoms with Crippen LogP contribution in [-0.4, -0.2) is 33.1 Å². The van der Waals surface area contributed by atoms with Gasteiger partial charge in [0.15, 0.2) is 0 Å². The Balaban J connectivity index is 1.97. The fourth-order valence-electron chi connectivity index (χ4n) is 4.88. The predicted molar refractivity (Wildman–Crippen MR) is 143 cm³/mol. The molecule has 0 saturated carbocycles. The Labute approximate surface area is 209 Å². The summed E-state index contributed by atoms with van der Waals surface area (Å²) >= 11 is 0. The molecule has 3 aromatic heterocycles. The minimum absolute atomic E-state index is 0.278. The smallest absolute Gasteiger partial charge is 0.127 e. The summed E-state index contributed by atoms with van der Waals surface area (Å²) in [6.45, 7) is 9.51. The third kappa shape index (κ3) is 3.92. The number of fused-ring (bicyclic) bond motifs is 2. The molecule has 8 heteroatoms. The summed E-state index contributed by atoms with van der Waals surface area (Å²) in [6, 6.07) is 14.8. The van der Waals surface area contributed by atoms with Gasteiger partial charge in [-0.05, 0) is 68.3 Å². The molecule has 0 spiro atoms. The van der Waals surface area contributed by atoms with E-state index in [0.717, 1.165) is 49.9 Å². The van der Waals surface area contributed by atoms with Crippen molar-refractivity contribution >= 4 is 34.4 Å². The molecule has 6 nitrogen and oxygen atoms in total. The maximum atomic E-state index is 13.9. The van der Waals surface area contributed by atoms with E-state index in [0.29, 0.717) is 5.44 Å². The molecule has 1 N–H and O–H groups in total. The standard InChI is InChI=1S/C28H27FN5OP/c1-17-12-25(36(4,5)35)31-16-22(17)26-21-14-23-18(15-32-33-23)13-24(21)34(20-8-6-19(29)7-9-20)27(26)28(2,3)10-11-30/h6-9,12-16H,10H2,1-5H3,(H,32,33). The number of hydrogen-bond donors (Lipinski definition) is 1. The number of aromatic nitrogens is 4. The van der Waals surface area contributed by atoms with Crippen LogP contribution in [0, 0.1) is 24.1 Å². The van der Waals surface area contributed by atoms with Crippen LogP contribution >= 0.6 is 7.14 Å². The lowest BCUT2D eigenvalue weighted by Gasteiger charge is -2.27. The van der Waals surface area contributed by atoms with Crippen LogP contribution in [0.15, 0.2) is 54.9 Å². The Kier molecular flexibility index (Phi) is 5.61. The van der Waals surface area contributed by atoms with Gasteiger partial charge in [0.2, 0.25) is 0 Å². The topological polar surface area (TPSA) is 87.4 Å². The molecule has 3 heterocycles. The average molecular weight is 500 g/mol. The Morgan fingerprint density at radius 3 is 2.50 bits per heavy atom. The lowest BCUT2D eigenvalue weighted by molar-refractivity contribution is 0.516. The molecule has 5 rings (SSSR count). The molecule has 2 aromatic carbocycles. The molecule has 0 aliphatic rings. The molecule has 0 unspecified atom stereocenters. The van der Waals surface area contributed by atoms with Gasteiger partial charge in [-0.1, -0.05) is 13.8 Å². The van der Waals surface area contributed by atoms with E-state index < -0.39 is 12.6 Å². The summed E-state index contributed by atoms with van der Waals surface area (Å²) in [5, 5.41) is 18.9. The second kappa shape index (κ2) is 8.43. The fraction of sp³-hybridized carbons (Fsp3) is 0.250. The van der Waals surface area contributed by atoms with Crippen molar-refractivity contribution in [2.75, 3.05) is 13.3 Å². The highest BCUT2D eigenvalue weighted by Crippen LogP contribution is 2.46. The molecule has 0 amide bonds. The van der Waals surface area contributed by atoms with Crippen LogP contribution in [-0.2, 0) is 9.98 Å². The van der Waals surface area contributed by atoms with E-state index in [1.807, 2.05) is 26.8 Å². The van der Waals surface area contributed by atoms with E-state index >= 15 is 0 Å². The summed E-state index contributed by atoms with van der Waals surface area (Å²) in [7, 11) is -2.54. The number of hydrogen-bond acceptors (Lipinski definition) is 4. The second-order valence-electron chi connectivity index (χ2n) is 10.3. The Morgan fingerprint density at radius 1 is 1.14 bits per heavy atom. The lowest BCUT2D eigenvalue weighted by Crippen LogP contribution is -2.22. The highest BCUT2D eigenvalue weighted by atomic mass is 31.2. The number of nitriles is 1. The molecule has 0 aliphatic carbocycles. The van der Waals surface area contributed by atoms with Crippen molar-refractivity contribution in [3.63, 3.8) is 0 Å². The Bertz CT molecular complexity index is 1720. The quantitative estimate of drug-likeness (QED) is 0.281. The van der Waals surface area contributed by atoms with Gasteiger partial charge in [0, 0.05) is 51.3 Å². The molecular formula is C28H27FN5OP. The maximum Gasteiger partial charge on any atom is 0.127 e. The van der Waals surface area contributed by atoms with E-state index in [1.54, 1.807) is 37.9 Å². The Hall–Kier alpha value is -3.75. The van der Waals surface area contributed by atoms with E-state index in [9.17, 15) is 14.2 Å². The number of pyridine rings is 1. The first-order valence-corrected chi connectivity index (χ1v) is 14.3. The molecule has 0 aliphatic heterocycles. The van der Waals surface area contributed by atoms with Gasteiger partial charge in [-0.3, -0.25) is 10.1 Å². The van der Waals surface area contributed by atoms with Crippen molar-refractivity contribution in [2.24, 2.45) is 0 Å². The van der Waals surface area contributed by atoms with Gasteiger partial charge in [-0.15, -0.1) is 0 Å². The van der Waals surface area contributed by atoms with Crippen LogP contribution in [0.3, 0.4) is 0 Å². The molecule has 36 heavy (non-hydrogen) atoms. The summed E-state index contributed by atoms with van der Waals surface area (Å²) in [6.07, 6.45) is 3.84. The second-order valence-corrected chi connectivity index (χ2v) is 13.4. The molecule has 0 bridgehead atoms. The van der Waals surface area contributed by atoms with E-state index in [-0.39, 0.29) is 12.2 Å². The van der Waals surface area contributed by atoms with Crippen LogP contribution in [0.2, 0.25) is 0 Å². The molecule has 0 atom stereocenters. The molecule has 182 valence electrons. The zero-order chi connectivity index (χ0) is 25.8. The molecule has 0 saturated heterocycles. The minimum atomic E-state index is -2.54. The van der Waals surface area contributed by atoms with Crippen molar-refractivity contribution in [1.29, 1.82) is 5.26 Å². The zero-order valence-electron chi connectivity index (χ0n) is 20.9. The molecular weight excluding hydrogens is 472 g/mol. The minimum Gasteiger partial charge on any atom is -0.318 e. The largest absolute Gasteiger partial charge is 0.318 e. The summed E-state index contributed by atoms with van der Waals surface area (Å²) < 4.78 is 28.7. The number of aromatic amines is 1. The van der Waals surface area contributed by atoms with Crippen molar-refractivity contribution < 1.29 is 8.96 Å². The highest BCUT2D eigenvalue weighted by molar-refractivity contribution is 7.69. The van der Waals surface area contributed by atoms with Gasteiger partial charge in [0.05, 0.1) is 28.7 Å². The number of rotatable bonds is 5. The van der Waals surface area contributed by atoms with Crippen molar-refractivity contribution in [1.82, 2.24) is 19.7 Å². The van der Waals surface area contributed by atoms with Crippen molar-refractivity contribution in [3.8, 4) is 22.9 Å². The molecule has 0 radical (unpaired) electrons. The number of nitrogens with zero attached hydrogens (tertiary/aromatic N) is 4. The van der Waals surface area contributed by atoms with Gasteiger partial charge < -0.3 is 9.13 Å². The van der Waals surface area contributed by atoms with Gasteiger partial charge in [-0.25, -0.2) is 4.39 Å². The zero-order valence-corrected chi connectivity index (χ0v) is 21.8. The van der Waals surface area contributed by atoms with Crippen molar-refractivity contribution in [2.45, 2.75) is 32.6 Å². The van der Waals surface area contributed by atoms with Crippen LogP contribution in [0.25, 0.3) is 38.6 Å². The van der Waals surface area contributed by atoms with Gasteiger partial charge >= 0.3 is 0 Å². The number of nitrogens with one attached hydrogen (secondary N) is 1. The highest BCUT2D eigenvalue weighted by Gasteiger charge is 2.33. The fourth-order valence-corrected chi connectivity index (χ4v) is 5.72. The summed E-state index contributed by atoms with van der Waals surface area (Å²) in [4.78, 5) is 4.60. The van der Waals surface area contributed by atoms with Crippen molar-refractivity contribution in [3.05, 3.63) is 71.9 Å². The van der Waals surface area contributed by atoms with Gasteiger partial charge in [0.25, 0.3) is 0 Å². The molecule has 5 aromatic rings. The van der Waals surface area contributed by atoms with E-state index in [4.69, 9.17) is 0 Å². The number of H-pyrrole nitrogens is 1. The monoisotopic (exact) mass is 499 g/mol. The van der Waals surface area contributed by atoms with E-state index in [2.05, 4.69) is 38.0 Å². The third-order valence-electron chi connectivity index (χ3n) is 6.69. The maximum absolute atomic E-state index is 13.9. The number of halogens is 1. The van der Waals surface area contributed by atoms with Crippen LogP contribution in [0.5, 0.6) is 0 Å². The summed E-state index contributed by atoms with van der Waals surface area (Å²) in [5.74, 6) is -0.315. The summed E-state index contributed by atoms with van der Waals surface area (Å²) in [5.41, 5.74) is 6.36. The van der Waals surface area contributed by atoms with Crippen LogP contribution < -0.4 is 5.44 Å². The predicted octanol–water partition coefficient (Wildman–Crippen LogP) is 6.46. The normalized spacial score (nSPS) is 12.4. The first-order valence-electron chi connectivity index (χ1n) is 11.7. The third-order valence-corrected chi connectivity index (χ3v) is 8.04. The van der Waals surface area contributed by atoms with Crippen LogP contribution in [0.4, 0.5) is 4.39 Å². The lowest BCUT2D eigenvalue weighted by atomic mass is 9.81. The average Bonchev–Trinajstić information content (AvgIpc) is 3.39. The first kappa shape index (κ1) is 24.0. The molecule has 0 fully saturated rings. The first-order chi connectivity index (χ1) is 17.0. The van der Waals surface area contributed by atoms with E-state index in [1.165, 1.54) is 12.1 Å². The van der Waals surface area contributed by atoms with Crippen LogP contribution in [0.1, 0.15) is 31.5 Å². The Morgan fingerprint density at radius 2 is 1.86 bits per heavy atom. The van der Waals surface area contributed by atoms with Gasteiger partial charge in [0.1, 0.15) is 13.0 Å². The number of benzene rings is 2. The SMILES string of the molecule is Cc1cc(P(C)(C)=O)ncc1-c1c(C(C)(C)CC#N)n(-c2ccc(F)cc2)c2cc3cn[nH]c3cc12.